The second-order valence-electron chi connectivity index (χ2n) is 7.65. The molecule has 0 atom stereocenters. The number of fused-ring (bicyclic) bond motifs is 1. The molecular formula is C26H24N4O3. The highest BCUT2D eigenvalue weighted by Crippen LogP contribution is 2.38. The van der Waals surface area contributed by atoms with Gasteiger partial charge in [0.2, 0.25) is 5.91 Å². The minimum absolute atomic E-state index is 0.178. The zero-order valence-electron chi connectivity index (χ0n) is 18.1. The van der Waals surface area contributed by atoms with Crippen molar-refractivity contribution in [1.82, 2.24) is 5.32 Å². The lowest BCUT2D eigenvalue weighted by atomic mass is 9.98. The van der Waals surface area contributed by atoms with E-state index in [0.717, 1.165) is 12.0 Å². The van der Waals surface area contributed by atoms with Gasteiger partial charge in [0.05, 0.1) is 11.3 Å². The summed E-state index contributed by atoms with van der Waals surface area (Å²) in [7, 11) is 0. The van der Waals surface area contributed by atoms with Crippen molar-refractivity contribution in [3.63, 3.8) is 0 Å². The molecule has 0 bridgehead atoms. The van der Waals surface area contributed by atoms with E-state index in [1.807, 2.05) is 37.3 Å². The molecule has 3 aromatic rings. The zero-order valence-corrected chi connectivity index (χ0v) is 18.1. The maximum absolute atomic E-state index is 13.1. The second-order valence-corrected chi connectivity index (χ2v) is 7.65. The quantitative estimate of drug-likeness (QED) is 0.418. The van der Waals surface area contributed by atoms with Crippen LogP contribution in [0.15, 0.2) is 72.8 Å². The third-order valence-corrected chi connectivity index (χ3v) is 5.31. The third-order valence-electron chi connectivity index (χ3n) is 5.31. The van der Waals surface area contributed by atoms with Gasteiger partial charge >= 0.3 is 0 Å². The highest BCUT2D eigenvalue weighted by Gasteiger charge is 2.29. The molecule has 0 aliphatic carbocycles. The van der Waals surface area contributed by atoms with Crippen molar-refractivity contribution in [2.45, 2.75) is 13.3 Å². The topological polar surface area (TPSA) is 113 Å². The second kappa shape index (κ2) is 9.40. The number of anilines is 2. The first-order chi connectivity index (χ1) is 16.0. The first kappa shape index (κ1) is 21.8. The van der Waals surface area contributed by atoms with E-state index < -0.39 is 5.91 Å². The first-order valence-corrected chi connectivity index (χ1v) is 10.7. The summed E-state index contributed by atoms with van der Waals surface area (Å²) >= 11 is 0. The van der Waals surface area contributed by atoms with Gasteiger partial charge in [-0.15, -0.1) is 0 Å². The highest BCUT2D eigenvalue weighted by molar-refractivity contribution is 6.37. The molecule has 0 fully saturated rings. The van der Waals surface area contributed by atoms with Crippen LogP contribution in [0, 0.1) is 0 Å². The van der Waals surface area contributed by atoms with E-state index in [4.69, 9.17) is 5.73 Å². The van der Waals surface area contributed by atoms with Gasteiger partial charge in [-0.3, -0.25) is 14.4 Å². The number of carbonyl (C=O) groups is 3. The molecule has 0 saturated heterocycles. The number of nitrogens with one attached hydrogen (secondary N) is 3. The molecular weight excluding hydrogens is 416 g/mol. The fraction of sp³-hybridized carbons (Fsp3) is 0.115. The largest absolute Gasteiger partial charge is 0.366 e. The van der Waals surface area contributed by atoms with Crippen LogP contribution in [0.2, 0.25) is 0 Å². The summed E-state index contributed by atoms with van der Waals surface area (Å²) in [5, 5.41) is 9.06. The lowest BCUT2D eigenvalue weighted by Gasteiger charge is -2.15. The molecule has 166 valence electrons. The van der Waals surface area contributed by atoms with Gasteiger partial charge in [0.25, 0.3) is 11.8 Å². The molecule has 4 rings (SSSR count). The average Bonchev–Trinajstić information content (AvgIpc) is 3.16. The molecule has 0 spiro atoms. The Morgan fingerprint density at radius 3 is 2.27 bits per heavy atom. The average molecular weight is 441 g/mol. The van der Waals surface area contributed by atoms with Crippen LogP contribution in [0.1, 0.15) is 45.2 Å². The predicted octanol–water partition coefficient (Wildman–Crippen LogP) is 3.86. The maximum atomic E-state index is 13.1. The fourth-order valence-corrected chi connectivity index (χ4v) is 3.65. The van der Waals surface area contributed by atoms with Gasteiger partial charge < -0.3 is 21.7 Å². The van der Waals surface area contributed by atoms with E-state index in [1.54, 1.807) is 42.5 Å². The Hall–Kier alpha value is -4.39. The van der Waals surface area contributed by atoms with E-state index >= 15 is 0 Å². The lowest BCUT2D eigenvalue weighted by molar-refractivity contribution is -0.110. The van der Waals surface area contributed by atoms with Crippen LogP contribution in [0.25, 0.3) is 11.3 Å². The van der Waals surface area contributed by atoms with Gasteiger partial charge in [-0.25, -0.2) is 0 Å². The van der Waals surface area contributed by atoms with Gasteiger partial charge in [0.15, 0.2) is 0 Å². The molecule has 1 heterocycles. The molecule has 0 aromatic heterocycles. The molecule has 1 aliphatic heterocycles. The summed E-state index contributed by atoms with van der Waals surface area (Å²) in [4.78, 5) is 36.8. The van der Waals surface area contributed by atoms with Crippen LogP contribution in [0.3, 0.4) is 0 Å². The predicted molar refractivity (Wildman–Crippen MR) is 130 cm³/mol. The maximum Gasteiger partial charge on any atom is 0.258 e. The van der Waals surface area contributed by atoms with Crippen molar-refractivity contribution >= 4 is 40.4 Å². The molecule has 0 saturated carbocycles. The van der Waals surface area contributed by atoms with Crippen LogP contribution in [0.5, 0.6) is 0 Å². The normalized spacial score (nSPS) is 13.7. The Balaban J connectivity index is 1.77. The van der Waals surface area contributed by atoms with Crippen molar-refractivity contribution < 1.29 is 14.4 Å². The molecule has 7 nitrogen and oxygen atoms in total. The lowest BCUT2D eigenvalue weighted by Crippen LogP contribution is -2.23. The Kier molecular flexibility index (Phi) is 6.22. The minimum Gasteiger partial charge on any atom is -0.366 e. The number of primary amides is 1. The highest BCUT2D eigenvalue weighted by atomic mass is 16.2. The summed E-state index contributed by atoms with van der Waals surface area (Å²) < 4.78 is 0. The first-order valence-electron chi connectivity index (χ1n) is 10.7. The number of rotatable bonds is 7. The Morgan fingerprint density at radius 2 is 1.61 bits per heavy atom. The zero-order chi connectivity index (χ0) is 23.4. The van der Waals surface area contributed by atoms with Crippen molar-refractivity contribution in [3.05, 3.63) is 95.1 Å². The molecule has 0 radical (unpaired) electrons. The van der Waals surface area contributed by atoms with E-state index in [0.29, 0.717) is 45.9 Å². The summed E-state index contributed by atoms with van der Waals surface area (Å²) in [6.07, 6.45) is 0.840. The Morgan fingerprint density at radius 1 is 0.909 bits per heavy atom. The molecule has 33 heavy (non-hydrogen) atoms. The summed E-state index contributed by atoms with van der Waals surface area (Å²) in [6.45, 7) is 2.57. The van der Waals surface area contributed by atoms with Gasteiger partial charge in [-0.05, 0) is 48.4 Å². The molecule has 1 aliphatic rings. The van der Waals surface area contributed by atoms with E-state index in [9.17, 15) is 14.4 Å². The van der Waals surface area contributed by atoms with Crippen molar-refractivity contribution in [3.8, 4) is 0 Å². The smallest absolute Gasteiger partial charge is 0.258 e. The minimum atomic E-state index is -0.508. The van der Waals surface area contributed by atoms with Crippen molar-refractivity contribution in [2.75, 3.05) is 17.2 Å². The number of benzene rings is 3. The summed E-state index contributed by atoms with van der Waals surface area (Å²) in [5.74, 6) is -0.954. The fourth-order valence-electron chi connectivity index (χ4n) is 3.65. The third kappa shape index (κ3) is 4.62. The van der Waals surface area contributed by atoms with Crippen LogP contribution in [-0.2, 0) is 4.79 Å². The van der Waals surface area contributed by atoms with Crippen LogP contribution >= 0.6 is 0 Å². The number of amides is 3. The summed E-state index contributed by atoms with van der Waals surface area (Å²) in [5.41, 5.74) is 10.1. The molecule has 3 aromatic carbocycles. The summed E-state index contributed by atoms with van der Waals surface area (Å²) in [6, 6.07) is 21.4. The number of nitrogens with two attached hydrogens (primary N) is 1. The number of hydrogen-bond donors (Lipinski definition) is 4. The van der Waals surface area contributed by atoms with Gasteiger partial charge in [-0.1, -0.05) is 43.3 Å². The number of hydrogen-bond acceptors (Lipinski definition) is 4. The molecule has 3 amide bonds. The molecule has 0 unspecified atom stereocenters. The van der Waals surface area contributed by atoms with Crippen molar-refractivity contribution in [2.24, 2.45) is 5.73 Å². The van der Waals surface area contributed by atoms with Crippen LogP contribution in [0.4, 0.5) is 11.4 Å². The van der Waals surface area contributed by atoms with E-state index in [-0.39, 0.29) is 11.8 Å². The SMILES string of the molecule is CCCNC(=O)c1ccc2c(c1)NC(=O)/C2=C(\Nc1ccc(C(N)=O)cc1)c1ccccc1. The van der Waals surface area contributed by atoms with Gasteiger partial charge in [0.1, 0.15) is 0 Å². The van der Waals surface area contributed by atoms with Gasteiger partial charge in [0, 0.05) is 34.6 Å². The Bertz CT molecular complexity index is 1250. The van der Waals surface area contributed by atoms with E-state index in [1.165, 1.54) is 0 Å². The van der Waals surface area contributed by atoms with Crippen LogP contribution < -0.4 is 21.7 Å². The number of carbonyl (C=O) groups excluding carboxylic acids is 3. The standard InChI is InChI=1S/C26H24N4O3/c1-2-14-28-25(32)18-10-13-20-21(15-18)30-26(33)22(20)23(16-6-4-3-5-7-16)29-19-11-8-17(9-12-19)24(27)31/h3-13,15,29H,2,14H2,1H3,(H2,27,31)(H,28,32)(H,30,33)/b23-22-. The van der Waals surface area contributed by atoms with Crippen LogP contribution in [-0.4, -0.2) is 24.3 Å². The monoisotopic (exact) mass is 440 g/mol. The molecule has 7 heteroatoms. The molecule has 5 N–H and O–H groups in total. The Labute approximate surface area is 191 Å². The van der Waals surface area contributed by atoms with Crippen molar-refractivity contribution in [1.29, 1.82) is 0 Å². The van der Waals surface area contributed by atoms with E-state index in [2.05, 4.69) is 16.0 Å². The van der Waals surface area contributed by atoms with Gasteiger partial charge in [-0.2, -0.15) is 0 Å².